The third-order valence-corrected chi connectivity index (χ3v) is 3.39. The molecule has 1 unspecified atom stereocenters. The van der Waals surface area contributed by atoms with Gasteiger partial charge in [0.05, 0.1) is 28.6 Å². The Balaban J connectivity index is 2.11. The van der Waals surface area contributed by atoms with Crippen LogP contribution in [0.25, 0.3) is 11.0 Å². The number of nitrogens with zero attached hydrogens (tertiary/aromatic N) is 4. The van der Waals surface area contributed by atoms with E-state index in [1.54, 1.807) is 6.20 Å². The summed E-state index contributed by atoms with van der Waals surface area (Å²) in [6.07, 6.45) is 1.78. The number of alkyl halides is 1. The van der Waals surface area contributed by atoms with Crippen LogP contribution < -0.4 is 0 Å². The molecule has 1 aromatic carbocycles. The molecule has 0 aliphatic heterocycles. The van der Waals surface area contributed by atoms with Crippen molar-refractivity contribution in [3.05, 3.63) is 53.9 Å². The zero-order chi connectivity index (χ0) is 14.1. The predicted octanol–water partition coefficient (Wildman–Crippen LogP) is 3.48. The highest BCUT2D eigenvalue weighted by Gasteiger charge is 2.15. The first-order chi connectivity index (χ1) is 9.65. The van der Waals surface area contributed by atoms with E-state index >= 15 is 0 Å². The fourth-order valence-corrected chi connectivity index (χ4v) is 2.49. The van der Waals surface area contributed by atoms with Crippen LogP contribution in [0.3, 0.4) is 0 Å². The first kappa shape index (κ1) is 13.1. The van der Waals surface area contributed by atoms with Gasteiger partial charge in [-0.25, -0.2) is 15.0 Å². The molecule has 0 aliphatic carbocycles. The van der Waals surface area contributed by atoms with Crippen molar-refractivity contribution in [1.82, 2.24) is 19.5 Å². The summed E-state index contributed by atoms with van der Waals surface area (Å²) in [4.78, 5) is 13.2. The second kappa shape index (κ2) is 5.21. The normalized spacial score (nSPS) is 12.8. The average Bonchev–Trinajstić information content (AvgIpc) is 2.78. The smallest absolute Gasteiger partial charge is 0.128 e. The fraction of sp³-hybridized carbons (Fsp3) is 0.267. The summed E-state index contributed by atoms with van der Waals surface area (Å²) in [6.45, 7) is 4.47. The highest BCUT2D eigenvalue weighted by atomic mass is 35.5. The summed E-state index contributed by atoms with van der Waals surface area (Å²) >= 11 is 6.26. The third kappa shape index (κ3) is 2.39. The van der Waals surface area contributed by atoms with E-state index in [1.165, 1.54) is 0 Å². The van der Waals surface area contributed by atoms with Crippen molar-refractivity contribution in [1.29, 1.82) is 0 Å². The minimum Gasteiger partial charge on any atom is -0.321 e. The molecule has 2 heterocycles. The van der Waals surface area contributed by atoms with E-state index in [0.717, 1.165) is 28.4 Å². The van der Waals surface area contributed by atoms with Gasteiger partial charge in [0.25, 0.3) is 0 Å². The number of aromatic nitrogens is 4. The number of aryl methyl sites for hydroxylation is 1. The van der Waals surface area contributed by atoms with Gasteiger partial charge in [-0.1, -0.05) is 12.1 Å². The maximum atomic E-state index is 6.26. The van der Waals surface area contributed by atoms with Gasteiger partial charge in [0.2, 0.25) is 0 Å². The summed E-state index contributed by atoms with van der Waals surface area (Å²) in [5.74, 6) is 1.64. The molecule has 0 spiro atoms. The van der Waals surface area contributed by atoms with Crippen LogP contribution in [0.15, 0.2) is 36.5 Å². The van der Waals surface area contributed by atoms with Crippen LogP contribution in [0.5, 0.6) is 0 Å². The highest BCUT2D eigenvalue weighted by Crippen LogP contribution is 2.25. The summed E-state index contributed by atoms with van der Waals surface area (Å²) < 4.78 is 2.12. The molecule has 2 aromatic heterocycles. The molecule has 0 fully saturated rings. The van der Waals surface area contributed by atoms with Crippen molar-refractivity contribution in [3.8, 4) is 0 Å². The minimum absolute atomic E-state index is 0.148. The van der Waals surface area contributed by atoms with Crippen LogP contribution in [0.4, 0.5) is 0 Å². The van der Waals surface area contributed by atoms with Crippen LogP contribution in [-0.4, -0.2) is 19.5 Å². The van der Waals surface area contributed by atoms with Gasteiger partial charge >= 0.3 is 0 Å². The van der Waals surface area contributed by atoms with Crippen LogP contribution in [0.2, 0.25) is 0 Å². The van der Waals surface area contributed by atoms with E-state index < -0.39 is 0 Å². The molecule has 0 bridgehead atoms. The second-order valence-electron chi connectivity index (χ2n) is 4.76. The molecule has 0 saturated carbocycles. The Morgan fingerprint density at radius 2 is 2.00 bits per heavy atom. The van der Waals surface area contributed by atoms with E-state index in [1.807, 2.05) is 38.1 Å². The molecule has 0 aliphatic rings. The minimum atomic E-state index is -0.148. The molecule has 0 amide bonds. The topological polar surface area (TPSA) is 43.6 Å². The van der Waals surface area contributed by atoms with Crippen molar-refractivity contribution in [3.63, 3.8) is 0 Å². The molecule has 5 heteroatoms. The lowest BCUT2D eigenvalue weighted by atomic mass is 10.3. The monoisotopic (exact) mass is 286 g/mol. The Morgan fingerprint density at radius 1 is 1.20 bits per heavy atom. The van der Waals surface area contributed by atoms with Crippen molar-refractivity contribution in [2.45, 2.75) is 25.8 Å². The first-order valence-corrected chi connectivity index (χ1v) is 6.96. The molecule has 1 atom stereocenters. The summed E-state index contributed by atoms with van der Waals surface area (Å²) in [6, 6.07) is 9.97. The summed E-state index contributed by atoms with van der Waals surface area (Å²) in [7, 11) is 0. The van der Waals surface area contributed by atoms with E-state index in [4.69, 9.17) is 11.6 Å². The molecule has 3 aromatic rings. The zero-order valence-electron chi connectivity index (χ0n) is 11.4. The zero-order valence-corrected chi connectivity index (χ0v) is 12.2. The maximum absolute atomic E-state index is 6.26. The van der Waals surface area contributed by atoms with E-state index in [9.17, 15) is 0 Å². The molecule has 0 saturated heterocycles. The Kier molecular flexibility index (Phi) is 3.40. The predicted molar refractivity (Wildman–Crippen MR) is 79.9 cm³/mol. The molecule has 102 valence electrons. The van der Waals surface area contributed by atoms with E-state index in [2.05, 4.69) is 25.6 Å². The lowest BCUT2D eigenvalue weighted by molar-refractivity contribution is 0.721. The van der Waals surface area contributed by atoms with Crippen LogP contribution >= 0.6 is 11.6 Å². The number of imidazole rings is 1. The van der Waals surface area contributed by atoms with E-state index in [0.29, 0.717) is 6.54 Å². The van der Waals surface area contributed by atoms with Gasteiger partial charge in [-0.05, 0) is 32.0 Å². The molecule has 0 radical (unpaired) electrons. The van der Waals surface area contributed by atoms with Crippen LogP contribution in [0.1, 0.15) is 29.6 Å². The largest absolute Gasteiger partial charge is 0.321 e. The standard InChI is InChI=1S/C15H15ClN4/c1-10(16)15-19-13-5-3-4-6-14(13)20(15)9-12-7-8-17-11(2)18-12/h3-8,10H,9H2,1-2H3. The van der Waals surface area contributed by atoms with Crippen LogP contribution in [-0.2, 0) is 6.54 Å². The summed E-state index contributed by atoms with van der Waals surface area (Å²) in [5.41, 5.74) is 2.99. The Morgan fingerprint density at radius 3 is 2.75 bits per heavy atom. The van der Waals surface area contributed by atoms with Gasteiger partial charge < -0.3 is 4.57 Å². The molecular formula is C15H15ClN4. The van der Waals surface area contributed by atoms with Crippen molar-refractivity contribution < 1.29 is 0 Å². The Labute approximate surface area is 122 Å². The lowest BCUT2D eigenvalue weighted by Gasteiger charge is -2.10. The van der Waals surface area contributed by atoms with Gasteiger partial charge in [-0.2, -0.15) is 0 Å². The quantitative estimate of drug-likeness (QED) is 0.692. The van der Waals surface area contributed by atoms with Gasteiger partial charge in [-0.3, -0.25) is 0 Å². The van der Waals surface area contributed by atoms with Gasteiger partial charge in [0.15, 0.2) is 0 Å². The molecule has 0 N–H and O–H groups in total. The fourth-order valence-electron chi connectivity index (χ4n) is 2.32. The first-order valence-electron chi connectivity index (χ1n) is 6.53. The number of para-hydroxylation sites is 2. The maximum Gasteiger partial charge on any atom is 0.128 e. The van der Waals surface area contributed by atoms with E-state index in [-0.39, 0.29) is 5.38 Å². The van der Waals surface area contributed by atoms with Crippen molar-refractivity contribution >= 4 is 22.6 Å². The average molecular weight is 287 g/mol. The molecule has 3 rings (SSSR count). The number of rotatable bonds is 3. The number of hydrogen-bond acceptors (Lipinski definition) is 3. The lowest BCUT2D eigenvalue weighted by Crippen LogP contribution is -2.08. The summed E-state index contributed by atoms with van der Waals surface area (Å²) in [5, 5.41) is -0.148. The Hall–Kier alpha value is -1.94. The van der Waals surface area contributed by atoms with Crippen molar-refractivity contribution in [2.75, 3.05) is 0 Å². The third-order valence-electron chi connectivity index (χ3n) is 3.19. The molecule has 20 heavy (non-hydrogen) atoms. The van der Waals surface area contributed by atoms with Gasteiger partial charge in [0.1, 0.15) is 11.6 Å². The SMILES string of the molecule is Cc1nccc(Cn2c(C(C)Cl)nc3ccccc32)n1. The number of hydrogen-bond donors (Lipinski definition) is 0. The van der Waals surface area contributed by atoms with Crippen molar-refractivity contribution in [2.24, 2.45) is 0 Å². The Bertz CT molecular complexity index is 748. The second-order valence-corrected chi connectivity index (χ2v) is 5.41. The number of benzene rings is 1. The number of halogens is 1. The molecular weight excluding hydrogens is 272 g/mol. The highest BCUT2D eigenvalue weighted by molar-refractivity contribution is 6.20. The molecule has 4 nitrogen and oxygen atoms in total. The van der Waals surface area contributed by atoms with Gasteiger partial charge in [-0.15, -0.1) is 11.6 Å². The van der Waals surface area contributed by atoms with Gasteiger partial charge in [0, 0.05) is 6.20 Å². The van der Waals surface area contributed by atoms with Crippen LogP contribution in [0, 0.1) is 6.92 Å². The number of fused-ring (bicyclic) bond motifs is 1.